The van der Waals surface area contributed by atoms with Crippen molar-refractivity contribution in [1.82, 2.24) is 9.55 Å². The zero-order valence-corrected chi connectivity index (χ0v) is 19.7. The van der Waals surface area contributed by atoms with Crippen LogP contribution in [0.15, 0.2) is 85.2 Å². The Hall–Kier alpha value is -3.58. The first-order valence-electron chi connectivity index (χ1n) is 10.9. The molecule has 1 heterocycles. The van der Waals surface area contributed by atoms with Crippen LogP contribution in [0.2, 0.25) is 5.02 Å². The topological polar surface area (TPSA) is 55.1 Å². The van der Waals surface area contributed by atoms with Gasteiger partial charge >= 0.3 is 12.1 Å². The molecule has 182 valence electrons. The largest absolute Gasteiger partial charge is 0.490 e. The van der Waals surface area contributed by atoms with Gasteiger partial charge in [-0.25, -0.2) is 9.78 Å². The third-order valence-corrected chi connectivity index (χ3v) is 5.40. The summed E-state index contributed by atoms with van der Waals surface area (Å²) in [6, 6.07) is 27.2. The summed E-state index contributed by atoms with van der Waals surface area (Å²) in [5, 5.41) is 7.87. The normalized spacial score (nSPS) is 11.0. The fourth-order valence-electron chi connectivity index (χ4n) is 3.60. The van der Waals surface area contributed by atoms with E-state index in [1.165, 1.54) is 22.4 Å². The zero-order valence-electron chi connectivity index (χ0n) is 19.0. The summed E-state index contributed by atoms with van der Waals surface area (Å²) in [6.45, 7) is 3.01. The first-order valence-corrected chi connectivity index (χ1v) is 11.3. The first kappa shape index (κ1) is 26.0. The van der Waals surface area contributed by atoms with Crippen molar-refractivity contribution < 1.29 is 23.1 Å². The van der Waals surface area contributed by atoms with E-state index in [0.717, 1.165) is 35.7 Å². The van der Waals surface area contributed by atoms with Gasteiger partial charge in [-0.2, -0.15) is 13.2 Å². The number of aliphatic carboxylic acids is 1. The van der Waals surface area contributed by atoms with Crippen LogP contribution >= 0.6 is 11.6 Å². The number of carboxylic acids is 1. The van der Waals surface area contributed by atoms with Gasteiger partial charge in [0, 0.05) is 22.8 Å². The summed E-state index contributed by atoms with van der Waals surface area (Å²) in [6.07, 6.45) is -1.07. The average molecular weight is 501 g/mol. The quantitative estimate of drug-likeness (QED) is 0.298. The number of rotatable bonds is 6. The Labute approximate surface area is 206 Å². The number of benzene rings is 3. The predicted molar refractivity (Wildman–Crippen MR) is 131 cm³/mol. The van der Waals surface area contributed by atoms with Crippen LogP contribution in [-0.2, 0) is 17.8 Å². The highest BCUT2D eigenvalue weighted by Gasteiger charge is 2.38. The molecular formula is C27H24ClF3N2O2. The van der Waals surface area contributed by atoms with E-state index in [4.69, 9.17) is 26.5 Å². The molecule has 0 aliphatic carbocycles. The summed E-state index contributed by atoms with van der Waals surface area (Å²) < 4.78 is 34.0. The molecule has 0 amide bonds. The number of hydrogen-bond acceptors (Lipinski definition) is 2. The predicted octanol–water partition coefficient (Wildman–Crippen LogP) is 7.50. The molecule has 0 atom stereocenters. The Morgan fingerprint density at radius 3 is 2.20 bits per heavy atom. The van der Waals surface area contributed by atoms with Crippen LogP contribution < -0.4 is 0 Å². The fourth-order valence-corrected chi connectivity index (χ4v) is 3.79. The molecule has 3 aromatic carbocycles. The van der Waals surface area contributed by atoms with Crippen molar-refractivity contribution in [2.75, 3.05) is 0 Å². The number of imidazole rings is 1. The zero-order chi connectivity index (χ0) is 25.4. The molecule has 0 aliphatic rings. The van der Waals surface area contributed by atoms with Gasteiger partial charge < -0.3 is 9.67 Å². The van der Waals surface area contributed by atoms with Crippen molar-refractivity contribution >= 4 is 17.6 Å². The highest BCUT2D eigenvalue weighted by Crippen LogP contribution is 2.27. The Morgan fingerprint density at radius 2 is 1.57 bits per heavy atom. The standard InChI is InChI=1S/C25H23ClN2.C2HF3O2/c1-2-8-24-25(22-13-7-14-23(26)16-22)27-18-28(24)17-19-9-6-12-21(15-19)20-10-4-3-5-11-20;3-2(4,5)1(6)7/h3-7,9-16,18H,2,8,17H2,1H3;(H,6,7). The van der Waals surface area contributed by atoms with Crippen molar-refractivity contribution in [3.8, 4) is 22.4 Å². The summed E-state index contributed by atoms with van der Waals surface area (Å²) in [4.78, 5) is 13.6. The molecule has 0 aliphatic heterocycles. The lowest BCUT2D eigenvalue weighted by atomic mass is 10.0. The number of hydrogen-bond donors (Lipinski definition) is 1. The molecule has 0 radical (unpaired) electrons. The van der Waals surface area contributed by atoms with Crippen molar-refractivity contribution in [2.24, 2.45) is 0 Å². The summed E-state index contributed by atoms with van der Waals surface area (Å²) >= 11 is 6.20. The van der Waals surface area contributed by atoms with E-state index in [2.05, 4.69) is 66.1 Å². The van der Waals surface area contributed by atoms with Crippen LogP contribution in [0, 0.1) is 0 Å². The molecule has 1 N–H and O–H groups in total. The van der Waals surface area contributed by atoms with Crippen LogP contribution in [-0.4, -0.2) is 26.8 Å². The number of carboxylic acid groups (broad SMARTS) is 1. The van der Waals surface area contributed by atoms with E-state index in [1.807, 2.05) is 30.6 Å². The lowest BCUT2D eigenvalue weighted by Crippen LogP contribution is -2.21. The van der Waals surface area contributed by atoms with Gasteiger partial charge in [0.25, 0.3) is 0 Å². The maximum Gasteiger partial charge on any atom is 0.490 e. The lowest BCUT2D eigenvalue weighted by Gasteiger charge is -2.11. The van der Waals surface area contributed by atoms with Crippen molar-refractivity contribution in [1.29, 1.82) is 0 Å². The molecule has 0 bridgehead atoms. The molecule has 0 saturated carbocycles. The van der Waals surface area contributed by atoms with Crippen LogP contribution in [0.3, 0.4) is 0 Å². The second-order valence-electron chi connectivity index (χ2n) is 7.80. The molecule has 0 saturated heterocycles. The monoisotopic (exact) mass is 500 g/mol. The summed E-state index contributed by atoms with van der Waals surface area (Å²) in [5.41, 5.74) is 7.12. The van der Waals surface area contributed by atoms with Gasteiger partial charge in [0.15, 0.2) is 0 Å². The van der Waals surface area contributed by atoms with Gasteiger partial charge in [0.1, 0.15) is 0 Å². The minimum absolute atomic E-state index is 0.741. The van der Waals surface area contributed by atoms with Crippen LogP contribution in [0.5, 0.6) is 0 Å². The van der Waals surface area contributed by atoms with Gasteiger partial charge in [-0.15, -0.1) is 0 Å². The maximum atomic E-state index is 10.6. The Balaban J connectivity index is 0.000000429. The summed E-state index contributed by atoms with van der Waals surface area (Å²) in [5.74, 6) is -2.76. The van der Waals surface area contributed by atoms with Crippen molar-refractivity contribution in [3.63, 3.8) is 0 Å². The van der Waals surface area contributed by atoms with Gasteiger partial charge in [-0.05, 0) is 41.3 Å². The number of aromatic nitrogens is 2. The highest BCUT2D eigenvalue weighted by atomic mass is 35.5. The second-order valence-corrected chi connectivity index (χ2v) is 8.23. The Kier molecular flexibility index (Phi) is 8.71. The maximum absolute atomic E-state index is 10.6. The molecule has 4 nitrogen and oxygen atoms in total. The van der Waals surface area contributed by atoms with E-state index in [1.54, 1.807) is 0 Å². The summed E-state index contributed by atoms with van der Waals surface area (Å²) in [7, 11) is 0. The van der Waals surface area contributed by atoms with Crippen LogP contribution in [0.4, 0.5) is 13.2 Å². The molecular weight excluding hydrogens is 477 g/mol. The van der Waals surface area contributed by atoms with E-state index in [-0.39, 0.29) is 0 Å². The third-order valence-electron chi connectivity index (χ3n) is 5.16. The number of halogens is 4. The van der Waals surface area contributed by atoms with Gasteiger partial charge in [0.2, 0.25) is 0 Å². The van der Waals surface area contributed by atoms with Gasteiger partial charge in [-0.3, -0.25) is 0 Å². The van der Waals surface area contributed by atoms with Crippen molar-refractivity contribution in [3.05, 3.63) is 101 Å². The molecule has 0 unspecified atom stereocenters. The molecule has 0 fully saturated rings. The Bertz CT molecular complexity index is 1270. The lowest BCUT2D eigenvalue weighted by molar-refractivity contribution is -0.192. The SMILES string of the molecule is CCCc1c(-c2cccc(Cl)c2)ncn1Cc1cccc(-c2ccccc2)c1.O=C(O)C(F)(F)F. The number of carbonyl (C=O) groups is 1. The second kappa shape index (κ2) is 11.7. The minimum atomic E-state index is -5.08. The number of alkyl halides is 3. The fraction of sp³-hybridized carbons (Fsp3) is 0.185. The Morgan fingerprint density at radius 1 is 0.943 bits per heavy atom. The molecule has 1 aromatic heterocycles. The minimum Gasteiger partial charge on any atom is -0.475 e. The first-order chi connectivity index (χ1) is 16.7. The van der Waals surface area contributed by atoms with Gasteiger partial charge in [0.05, 0.1) is 12.0 Å². The van der Waals surface area contributed by atoms with E-state index >= 15 is 0 Å². The molecule has 4 rings (SSSR count). The average Bonchev–Trinajstić information content (AvgIpc) is 3.22. The molecule has 35 heavy (non-hydrogen) atoms. The highest BCUT2D eigenvalue weighted by molar-refractivity contribution is 6.30. The molecule has 4 aromatic rings. The van der Waals surface area contributed by atoms with Crippen molar-refractivity contribution in [2.45, 2.75) is 32.5 Å². The van der Waals surface area contributed by atoms with Gasteiger partial charge in [-0.1, -0.05) is 85.6 Å². The van der Waals surface area contributed by atoms with Crippen LogP contribution in [0.25, 0.3) is 22.4 Å². The smallest absolute Gasteiger partial charge is 0.475 e. The van der Waals surface area contributed by atoms with Crippen LogP contribution in [0.1, 0.15) is 24.6 Å². The molecule has 8 heteroatoms. The number of nitrogens with zero attached hydrogens (tertiary/aromatic N) is 2. The molecule has 0 spiro atoms. The third kappa shape index (κ3) is 7.20. The van der Waals surface area contributed by atoms with E-state index in [0.29, 0.717) is 0 Å². The van der Waals surface area contributed by atoms with E-state index in [9.17, 15) is 13.2 Å². The van der Waals surface area contributed by atoms with E-state index < -0.39 is 12.1 Å².